The summed E-state index contributed by atoms with van der Waals surface area (Å²) in [5.74, 6) is 0. The Morgan fingerprint density at radius 3 is 2.33 bits per heavy atom. The summed E-state index contributed by atoms with van der Waals surface area (Å²) in [7, 11) is 10.0. The van der Waals surface area contributed by atoms with Gasteiger partial charge in [-0.2, -0.15) is 15.7 Å². The van der Waals surface area contributed by atoms with E-state index in [9.17, 15) is 0 Å². The van der Waals surface area contributed by atoms with Gasteiger partial charge < -0.3 is 17.3 Å². The molecule has 1 saturated heterocycles. The van der Waals surface area contributed by atoms with Crippen LogP contribution in [0, 0.1) is 0 Å². The van der Waals surface area contributed by atoms with Gasteiger partial charge in [0.05, 0.1) is 19.8 Å². The maximum Gasteiger partial charge on any atom is 0.327 e. The highest BCUT2D eigenvalue weighted by Gasteiger charge is 2.33. The summed E-state index contributed by atoms with van der Waals surface area (Å²) in [5.41, 5.74) is 5.22. The van der Waals surface area contributed by atoms with E-state index >= 15 is 0 Å². The highest BCUT2D eigenvalue weighted by atomic mass is 35.5. The Balaban J connectivity index is 0.00000220. The van der Waals surface area contributed by atoms with E-state index in [0.717, 1.165) is 16.5 Å². The van der Waals surface area contributed by atoms with Crippen LogP contribution in [0.1, 0.15) is 0 Å². The maximum absolute atomic E-state index is 4.37. The molecule has 1 unspecified atom stereocenters. The number of thioether (sulfide) groups is 1. The molecule has 1 aromatic carbocycles. The number of halogens is 1. The number of hydrogen-bond acceptors (Lipinski definition) is 5. The van der Waals surface area contributed by atoms with Crippen LogP contribution in [0.3, 0.4) is 0 Å². The lowest BCUT2D eigenvalue weighted by molar-refractivity contribution is -0.464. The number of azo groups is 1. The quantitative estimate of drug-likeness (QED) is 0.567. The van der Waals surface area contributed by atoms with Crippen molar-refractivity contribution >= 4 is 28.3 Å². The molecule has 2 rings (SSSR count). The van der Waals surface area contributed by atoms with Crippen molar-refractivity contribution in [2.45, 2.75) is 5.50 Å². The molecule has 8 heteroatoms. The maximum atomic E-state index is 4.37. The number of amidine groups is 1. The molecule has 0 aromatic heterocycles. The summed E-state index contributed by atoms with van der Waals surface area (Å²) in [6.45, 7) is 0. The van der Waals surface area contributed by atoms with Crippen molar-refractivity contribution in [3.8, 4) is 0 Å². The molecule has 0 amide bonds. The summed E-state index contributed by atoms with van der Waals surface area (Å²) in [6.07, 6.45) is 0. The average molecular weight is 329 g/mol. The minimum Gasteiger partial charge on any atom is -1.00 e. The van der Waals surface area contributed by atoms with Gasteiger partial charge in [0.2, 0.25) is 5.50 Å². The normalized spacial score (nSPS) is 18.5. The van der Waals surface area contributed by atoms with Crippen molar-refractivity contribution in [2.24, 2.45) is 10.2 Å². The van der Waals surface area contributed by atoms with E-state index in [1.165, 1.54) is 0 Å². The minimum atomic E-state index is -0.0408. The standard InChI is InChI=1S/C13H20N6S.ClH/c1-17(2)11-8-6-10(7-9-11)14-15-12-19(5)16-13(20-12)18(3)4;/h6-9,12H,1-5H3;1H. The summed E-state index contributed by atoms with van der Waals surface area (Å²) >= 11 is 1.64. The van der Waals surface area contributed by atoms with Gasteiger partial charge in [0.15, 0.2) is 0 Å². The van der Waals surface area contributed by atoms with Gasteiger partial charge in [-0.15, -0.1) is 5.01 Å². The molecule has 116 valence electrons. The fourth-order valence-electron chi connectivity index (χ4n) is 1.65. The van der Waals surface area contributed by atoms with Crippen LogP contribution in [-0.2, 0) is 0 Å². The van der Waals surface area contributed by atoms with Crippen LogP contribution in [0.4, 0.5) is 11.4 Å². The van der Waals surface area contributed by atoms with Crippen LogP contribution in [0.15, 0.2) is 34.5 Å². The van der Waals surface area contributed by atoms with E-state index in [4.69, 9.17) is 0 Å². The zero-order valence-corrected chi connectivity index (χ0v) is 14.5. The van der Waals surface area contributed by atoms with E-state index in [0.29, 0.717) is 0 Å². The SMILES string of the molecule is CN(C)c1ccc(N=NC2SC(=[N+](C)C)NN2C)cc1.[Cl-]. The number of nitrogens with one attached hydrogen (secondary N) is 1. The molecule has 0 saturated carbocycles. The van der Waals surface area contributed by atoms with E-state index in [-0.39, 0.29) is 17.9 Å². The van der Waals surface area contributed by atoms with Gasteiger partial charge in [0.1, 0.15) is 0 Å². The number of anilines is 1. The van der Waals surface area contributed by atoms with Crippen molar-refractivity contribution in [2.75, 3.05) is 40.1 Å². The second kappa shape index (κ2) is 7.63. The first kappa shape index (κ1) is 17.7. The zero-order chi connectivity index (χ0) is 14.7. The van der Waals surface area contributed by atoms with Crippen LogP contribution in [-0.4, -0.2) is 55.5 Å². The Hall–Kier alpha value is -1.31. The van der Waals surface area contributed by atoms with Crippen LogP contribution in [0.25, 0.3) is 0 Å². The lowest BCUT2D eigenvalue weighted by atomic mass is 10.3. The van der Waals surface area contributed by atoms with Gasteiger partial charge in [-0.25, -0.2) is 0 Å². The summed E-state index contributed by atoms with van der Waals surface area (Å²) in [6, 6.07) is 8.02. The third-order valence-electron chi connectivity index (χ3n) is 2.86. The Morgan fingerprint density at radius 2 is 1.86 bits per heavy atom. The van der Waals surface area contributed by atoms with E-state index in [1.807, 2.05) is 69.1 Å². The molecule has 6 nitrogen and oxygen atoms in total. The van der Waals surface area contributed by atoms with Gasteiger partial charge in [-0.3, -0.25) is 4.58 Å². The molecule has 1 N–H and O–H groups in total. The third kappa shape index (κ3) is 4.59. The second-order valence-electron chi connectivity index (χ2n) is 4.99. The predicted molar refractivity (Wildman–Crippen MR) is 84.7 cm³/mol. The Morgan fingerprint density at radius 1 is 1.24 bits per heavy atom. The first-order valence-electron chi connectivity index (χ1n) is 6.36. The number of benzene rings is 1. The van der Waals surface area contributed by atoms with Crippen molar-refractivity contribution in [1.29, 1.82) is 0 Å². The molecule has 1 aliphatic heterocycles. The largest absolute Gasteiger partial charge is 1.00 e. The molecule has 1 atom stereocenters. The third-order valence-corrected chi connectivity index (χ3v) is 4.17. The van der Waals surface area contributed by atoms with E-state index in [2.05, 4.69) is 20.6 Å². The van der Waals surface area contributed by atoms with Crippen molar-refractivity contribution in [1.82, 2.24) is 10.4 Å². The molecular weight excluding hydrogens is 308 g/mol. The first-order chi connectivity index (χ1) is 9.47. The second-order valence-corrected chi connectivity index (χ2v) is 6.04. The van der Waals surface area contributed by atoms with Crippen LogP contribution in [0.2, 0.25) is 0 Å². The number of hydrazine groups is 1. The Labute approximate surface area is 136 Å². The highest BCUT2D eigenvalue weighted by Crippen LogP contribution is 2.24. The summed E-state index contributed by atoms with van der Waals surface area (Å²) in [5, 5.41) is 11.7. The first-order valence-corrected chi connectivity index (χ1v) is 7.24. The van der Waals surface area contributed by atoms with Gasteiger partial charge in [-0.1, -0.05) is 0 Å². The zero-order valence-electron chi connectivity index (χ0n) is 12.9. The Bertz CT molecular complexity index is 524. The van der Waals surface area contributed by atoms with Crippen molar-refractivity contribution in [3.05, 3.63) is 24.3 Å². The molecule has 1 fully saturated rings. The van der Waals surface area contributed by atoms with Gasteiger partial charge in [0, 0.05) is 38.6 Å². The van der Waals surface area contributed by atoms with E-state index in [1.54, 1.807) is 11.8 Å². The highest BCUT2D eigenvalue weighted by molar-refractivity contribution is 8.14. The van der Waals surface area contributed by atoms with Crippen LogP contribution < -0.4 is 22.7 Å². The molecule has 1 heterocycles. The summed E-state index contributed by atoms with van der Waals surface area (Å²) < 4.78 is 2.03. The van der Waals surface area contributed by atoms with Gasteiger partial charge in [-0.05, 0) is 24.3 Å². The fourth-order valence-corrected chi connectivity index (χ4v) is 2.56. The monoisotopic (exact) mass is 328 g/mol. The molecule has 21 heavy (non-hydrogen) atoms. The molecule has 1 aromatic rings. The smallest absolute Gasteiger partial charge is 0.327 e. The molecule has 0 radical (unpaired) electrons. The number of rotatable bonds is 3. The number of hydrogen-bond donors (Lipinski definition) is 1. The predicted octanol–water partition coefficient (Wildman–Crippen LogP) is -1.06. The lowest BCUT2D eigenvalue weighted by Gasteiger charge is -2.11. The van der Waals surface area contributed by atoms with Crippen molar-refractivity contribution < 1.29 is 17.0 Å². The van der Waals surface area contributed by atoms with Gasteiger partial charge in [0.25, 0.3) is 0 Å². The minimum absolute atomic E-state index is 0. The summed E-state index contributed by atoms with van der Waals surface area (Å²) in [4.78, 5) is 2.06. The lowest BCUT2D eigenvalue weighted by Crippen LogP contribution is -3.00. The van der Waals surface area contributed by atoms with Gasteiger partial charge >= 0.3 is 5.17 Å². The van der Waals surface area contributed by atoms with Crippen molar-refractivity contribution in [3.63, 3.8) is 0 Å². The number of nitrogens with zero attached hydrogens (tertiary/aromatic N) is 5. The molecule has 0 spiro atoms. The van der Waals surface area contributed by atoms with Crippen LogP contribution in [0.5, 0.6) is 0 Å². The van der Waals surface area contributed by atoms with E-state index < -0.39 is 0 Å². The van der Waals surface area contributed by atoms with Crippen LogP contribution >= 0.6 is 11.8 Å². The topological polar surface area (TPSA) is 46.2 Å². The fraction of sp³-hybridized carbons (Fsp3) is 0.462. The molecule has 0 bridgehead atoms. The Kier molecular flexibility index (Phi) is 6.44. The molecule has 0 aliphatic carbocycles. The molecule has 1 aliphatic rings. The average Bonchev–Trinajstić information content (AvgIpc) is 2.78. The molecular formula is C13H21ClN6S.